The second kappa shape index (κ2) is 9.98. The molecule has 1 aromatic heterocycles. The molecule has 0 aliphatic heterocycles. The molecule has 0 radical (unpaired) electrons. The average molecular weight is 479 g/mol. The van der Waals surface area contributed by atoms with Gasteiger partial charge >= 0.3 is 12.1 Å². The molecule has 10 nitrogen and oxygen atoms in total. The van der Waals surface area contributed by atoms with E-state index < -0.39 is 30.1 Å². The van der Waals surface area contributed by atoms with Gasteiger partial charge in [-0.05, 0) is 29.2 Å². The van der Waals surface area contributed by atoms with Crippen LogP contribution < -0.4 is 10.6 Å². The summed E-state index contributed by atoms with van der Waals surface area (Å²) in [6.07, 6.45) is -1.45. The van der Waals surface area contributed by atoms with Crippen molar-refractivity contribution in [1.82, 2.24) is 15.1 Å². The highest BCUT2D eigenvalue weighted by Crippen LogP contribution is 2.44. The first-order valence-electron chi connectivity index (χ1n) is 11.0. The van der Waals surface area contributed by atoms with Crippen LogP contribution in [0.25, 0.3) is 11.1 Å². The molecule has 1 aliphatic rings. The van der Waals surface area contributed by atoms with Crippen LogP contribution in [0.3, 0.4) is 0 Å². The van der Waals surface area contributed by atoms with Gasteiger partial charge in [0.25, 0.3) is 5.91 Å². The summed E-state index contributed by atoms with van der Waals surface area (Å²) in [7, 11) is 2.90. The van der Waals surface area contributed by atoms with Gasteiger partial charge in [0.1, 0.15) is 12.4 Å². The second-order valence-electron chi connectivity index (χ2n) is 8.22. The highest BCUT2D eigenvalue weighted by Gasteiger charge is 2.30. The number of anilines is 1. The van der Waals surface area contributed by atoms with Crippen LogP contribution >= 0.6 is 0 Å². The number of methoxy groups -OCH3 is 1. The minimum atomic E-state index is -1.26. The summed E-state index contributed by atoms with van der Waals surface area (Å²) in [6.45, 7) is 1.67. The Morgan fingerprint density at radius 2 is 1.69 bits per heavy atom. The van der Waals surface area contributed by atoms with Crippen molar-refractivity contribution in [3.8, 4) is 11.1 Å². The summed E-state index contributed by atoms with van der Waals surface area (Å²) in [5, 5.41) is 18.3. The largest absolute Gasteiger partial charge is 0.480 e. The fourth-order valence-electron chi connectivity index (χ4n) is 4.17. The monoisotopic (exact) mass is 478 g/mol. The zero-order valence-corrected chi connectivity index (χ0v) is 19.5. The number of hydrogen-bond acceptors (Lipinski definition) is 6. The summed E-state index contributed by atoms with van der Waals surface area (Å²) in [4.78, 5) is 36.5. The Labute approximate surface area is 201 Å². The normalized spacial score (nSPS) is 13.9. The van der Waals surface area contributed by atoms with Gasteiger partial charge in [0, 0.05) is 26.1 Å². The summed E-state index contributed by atoms with van der Waals surface area (Å²) >= 11 is 0. The van der Waals surface area contributed by atoms with Crippen molar-refractivity contribution in [2.45, 2.75) is 25.0 Å². The second-order valence-corrected chi connectivity index (χ2v) is 8.22. The van der Waals surface area contributed by atoms with E-state index in [2.05, 4.69) is 27.9 Å². The standard InChI is InChI=1S/C25H26N4O6/c1-14(34-3)22(24(31)32)27-23(30)20-12-21(29(2)28-20)26-25(33)35-13-19-17-10-6-4-8-15(17)16-9-5-7-11-18(16)19/h4-12,14,19,22H,13H2,1-3H3,(H,26,33)(H,27,30)(H,31,32). The number of ether oxygens (including phenoxy) is 2. The van der Waals surface area contributed by atoms with E-state index in [-0.39, 0.29) is 24.0 Å². The third kappa shape index (κ3) is 4.87. The molecule has 0 saturated heterocycles. The number of nitrogens with zero attached hydrogens (tertiary/aromatic N) is 2. The van der Waals surface area contributed by atoms with Gasteiger partial charge < -0.3 is 19.9 Å². The minimum absolute atomic E-state index is 0.0593. The first-order valence-corrected chi connectivity index (χ1v) is 11.0. The van der Waals surface area contributed by atoms with Crippen molar-refractivity contribution in [3.05, 3.63) is 71.4 Å². The molecule has 4 rings (SSSR count). The number of benzene rings is 2. The van der Waals surface area contributed by atoms with Gasteiger partial charge in [-0.1, -0.05) is 48.5 Å². The first kappa shape index (κ1) is 24.0. The molecule has 1 heterocycles. The van der Waals surface area contributed by atoms with E-state index in [9.17, 15) is 19.5 Å². The number of hydrogen-bond donors (Lipinski definition) is 3. The lowest BCUT2D eigenvalue weighted by molar-refractivity contribution is -0.142. The number of carbonyl (C=O) groups excluding carboxylic acids is 2. The van der Waals surface area contributed by atoms with Crippen LogP contribution in [0.1, 0.15) is 34.5 Å². The number of carboxylic acids is 1. The molecular formula is C25H26N4O6. The van der Waals surface area contributed by atoms with Gasteiger partial charge in [0.2, 0.25) is 0 Å². The Balaban J connectivity index is 1.41. The van der Waals surface area contributed by atoms with Crippen LogP contribution in [0.2, 0.25) is 0 Å². The Hall–Kier alpha value is -4.18. The number of aliphatic carboxylic acids is 1. The molecular weight excluding hydrogens is 452 g/mol. The highest BCUT2D eigenvalue weighted by molar-refractivity contribution is 5.96. The number of carboxylic acid groups (broad SMARTS) is 1. The van der Waals surface area contributed by atoms with Crippen LogP contribution in [0.5, 0.6) is 0 Å². The summed E-state index contributed by atoms with van der Waals surface area (Å²) in [5.41, 5.74) is 4.39. The van der Waals surface area contributed by atoms with Crippen molar-refractivity contribution >= 4 is 23.8 Å². The summed E-state index contributed by atoms with van der Waals surface area (Å²) in [5.74, 6) is -1.81. The number of aromatic nitrogens is 2. The lowest BCUT2D eigenvalue weighted by Crippen LogP contribution is -2.48. The number of fused-ring (bicyclic) bond motifs is 3. The number of amides is 2. The van der Waals surface area contributed by atoms with Crippen molar-refractivity contribution in [2.24, 2.45) is 7.05 Å². The van der Waals surface area contributed by atoms with Crippen LogP contribution in [0, 0.1) is 0 Å². The molecule has 2 aromatic carbocycles. The number of nitrogens with one attached hydrogen (secondary N) is 2. The molecule has 10 heteroatoms. The molecule has 2 amide bonds. The van der Waals surface area contributed by atoms with E-state index in [1.165, 1.54) is 24.8 Å². The third-order valence-corrected chi connectivity index (χ3v) is 6.08. The third-order valence-electron chi connectivity index (χ3n) is 6.08. The quantitative estimate of drug-likeness (QED) is 0.453. The predicted molar refractivity (Wildman–Crippen MR) is 127 cm³/mol. The molecule has 0 bridgehead atoms. The lowest BCUT2D eigenvalue weighted by Gasteiger charge is -2.19. The van der Waals surface area contributed by atoms with Crippen molar-refractivity contribution < 1.29 is 29.0 Å². The molecule has 3 N–H and O–H groups in total. The molecule has 182 valence electrons. The number of carbonyl (C=O) groups is 3. The maximum Gasteiger partial charge on any atom is 0.412 e. The Kier molecular flexibility index (Phi) is 6.83. The maximum atomic E-state index is 12.6. The van der Waals surface area contributed by atoms with E-state index in [1.54, 1.807) is 7.05 Å². The lowest BCUT2D eigenvalue weighted by atomic mass is 9.98. The fourth-order valence-corrected chi connectivity index (χ4v) is 4.17. The van der Waals surface area contributed by atoms with Crippen LogP contribution in [0.4, 0.5) is 10.6 Å². The zero-order valence-electron chi connectivity index (χ0n) is 19.5. The topological polar surface area (TPSA) is 132 Å². The Bertz CT molecular complexity index is 1220. The van der Waals surface area contributed by atoms with Gasteiger partial charge in [-0.25, -0.2) is 9.59 Å². The van der Waals surface area contributed by atoms with Crippen LogP contribution in [-0.4, -0.2) is 58.7 Å². The average Bonchev–Trinajstić information content (AvgIpc) is 3.38. The zero-order chi connectivity index (χ0) is 25.1. The van der Waals surface area contributed by atoms with E-state index in [0.717, 1.165) is 22.3 Å². The number of rotatable bonds is 8. The van der Waals surface area contributed by atoms with Gasteiger partial charge in [0.15, 0.2) is 11.7 Å². The van der Waals surface area contributed by atoms with Gasteiger partial charge in [-0.3, -0.25) is 14.8 Å². The maximum absolute atomic E-state index is 12.6. The van der Waals surface area contributed by atoms with Gasteiger partial charge in [-0.15, -0.1) is 0 Å². The molecule has 3 aromatic rings. The van der Waals surface area contributed by atoms with Crippen molar-refractivity contribution in [1.29, 1.82) is 0 Å². The molecule has 0 fully saturated rings. The van der Waals surface area contributed by atoms with Crippen LogP contribution in [-0.2, 0) is 21.3 Å². The van der Waals surface area contributed by atoms with E-state index >= 15 is 0 Å². The summed E-state index contributed by atoms with van der Waals surface area (Å²) in [6, 6.07) is 16.1. The number of aryl methyl sites for hydroxylation is 1. The highest BCUT2D eigenvalue weighted by atomic mass is 16.5. The van der Waals surface area contributed by atoms with E-state index in [1.807, 2.05) is 36.4 Å². The van der Waals surface area contributed by atoms with Crippen molar-refractivity contribution in [3.63, 3.8) is 0 Å². The molecule has 0 spiro atoms. The summed E-state index contributed by atoms with van der Waals surface area (Å²) < 4.78 is 11.8. The van der Waals surface area contributed by atoms with Gasteiger partial charge in [0.05, 0.1) is 6.10 Å². The van der Waals surface area contributed by atoms with Crippen molar-refractivity contribution in [2.75, 3.05) is 19.0 Å². The molecule has 2 atom stereocenters. The predicted octanol–water partition coefficient (Wildman–Crippen LogP) is 3.00. The first-order chi connectivity index (χ1) is 16.8. The Morgan fingerprint density at radius 1 is 1.09 bits per heavy atom. The molecule has 1 aliphatic carbocycles. The Morgan fingerprint density at radius 3 is 2.26 bits per heavy atom. The SMILES string of the molecule is COC(C)C(NC(=O)c1cc(NC(=O)OCC2c3ccccc3-c3ccccc32)n(C)n1)C(=O)O. The van der Waals surface area contributed by atoms with Crippen LogP contribution in [0.15, 0.2) is 54.6 Å². The molecule has 35 heavy (non-hydrogen) atoms. The van der Waals surface area contributed by atoms with E-state index in [0.29, 0.717) is 0 Å². The smallest absolute Gasteiger partial charge is 0.412 e. The minimum Gasteiger partial charge on any atom is -0.480 e. The fraction of sp³-hybridized carbons (Fsp3) is 0.280. The molecule has 2 unspecified atom stereocenters. The van der Waals surface area contributed by atoms with Gasteiger partial charge in [-0.2, -0.15) is 5.10 Å². The van der Waals surface area contributed by atoms with E-state index in [4.69, 9.17) is 9.47 Å². The molecule has 0 saturated carbocycles.